The molecule has 1 aliphatic rings. The molecule has 0 atom stereocenters. The fourth-order valence-corrected chi connectivity index (χ4v) is 4.08. The van der Waals surface area contributed by atoms with Gasteiger partial charge in [0.1, 0.15) is 11.6 Å². The van der Waals surface area contributed by atoms with Crippen LogP contribution in [0.15, 0.2) is 6.20 Å². The van der Waals surface area contributed by atoms with Gasteiger partial charge in [0.15, 0.2) is 5.65 Å². The topological polar surface area (TPSA) is 83.1 Å². The number of nitriles is 1. The van der Waals surface area contributed by atoms with Crippen molar-refractivity contribution in [3.05, 3.63) is 28.7 Å². The zero-order valence-corrected chi connectivity index (χ0v) is 16.4. The second-order valence-corrected chi connectivity index (χ2v) is 7.68. The Morgan fingerprint density at radius 1 is 1.26 bits per heavy atom. The van der Waals surface area contributed by atoms with Gasteiger partial charge in [0.05, 0.1) is 6.20 Å². The summed E-state index contributed by atoms with van der Waals surface area (Å²) in [4.78, 5) is 16.9. The molecule has 0 aliphatic heterocycles. The summed E-state index contributed by atoms with van der Waals surface area (Å²) in [6, 6.07) is 2.12. The zero-order valence-electron chi connectivity index (χ0n) is 16.4. The van der Waals surface area contributed by atoms with Gasteiger partial charge in [0.2, 0.25) is 5.91 Å². The Hall–Kier alpha value is -2.42. The lowest BCUT2D eigenvalue weighted by Crippen LogP contribution is -2.30. The average molecular weight is 367 g/mol. The standard InChI is InChI=1S/C21H29N5O/c1-15-19(16(2)26-21(25-15)18(12-22)14-24-26)10-11-20(27)23-13-17-8-6-4-3-5-7-9-17/h14,17H,3-11,13H2,1-2H3,(H,23,27). The molecule has 0 bridgehead atoms. The van der Waals surface area contributed by atoms with E-state index in [1.54, 1.807) is 10.7 Å². The summed E-state index contributed by atoms with van der Waals surface area (Å²) >= 11 is 0. The van der Waals surface area contributed by atoms with E-state index >= 15 is 0 Å². The number of amides is 1. The Kier molecular flexibility index (Phi) is 6.44. The molecule has 1 aliphatic carbocycles. The first-order valence-corrected chi connectivity index (χ1v) is 10.1. The molecule has 6 nitrogen and oxygen atoms in total. The van der Waals surface area contributed by atoms with Crippen molar-refractivity contribution in [1.82, 2.24) is 19.9 Å². The van der Waals surface area contributed by atoms with Gasteiger partial charge in [0.25, 0.3) is 0 Å². The molecule has 2 aromatic heterocycles. The van der Waals surface area contributed by atoms with Crippen LogP contribution in [0.5, 0.6) is 0 Å². The molecule has 1 N–H and O–H groups in total. The van der Waals surface area contributed by atoms with E-state index in [1.165, 1.54) is 44.9 Å². The Morgan fingerprint density at radius 3 is 2.67 bits per heavy atom. The van der Waals surface area contributed by atoms with E-state index in [0.717, 1.165) is 23.5 Å². The number of aryl methyl sites for hydroxylation is 2. The number of hydrogen-bond donors (Lipinski definition) is 1. The second-order valence-electron chi connectivity index (χ2n) is 7.68. The van der Waals surface area contributed by atoms with Crippen molar-refractivity contribution in [2.24, 2.45) is 5.92 Å². The molecule has 1 saturated carbocycles. The third kappa shape index (κ3) is 4.65. The quantitative estimate of drug-likeness (QED) is 0.875. The molecule has 0 unspecified atom stereocenters. The minimum Gasteiger partial charge on any atom is -0.356 e. The normalized spacial score (nSPS) is 15.9. The van der Waals surface area contributed by atoms with E-state index in [-0.39, 0.29) is 5.91 Å². The second kappa shape index (κ2) is 8.98. The van der Waals surface area contributed by atoms with Crippen LogP contribution in [0.25, 0.3) is 5.65 Å². The zero-order chi connectivity index (χ0) is 19.2. The average Bonchev–Trinajstić information content (AvgIpc) is 3.03. The van der Waals surface area contributed by atoms with Gasteiger partial charge >= 0.3 is 0 Å². The van der Waals surface area contributed by atoms with Gasteiger partial charge in [-0.3, -0.25) is 4.79 Å². The highest BCUT2D eigenvalue weighted by atomic mass is 16.1. The Bertz CT molecular complexity index is 840. The van der Waals surface area contributed by atoms with Gasteiger partial charge in [-0.2, -0.15) is 10.4 Å². The SMILES string of the molecule is Cc1nc2c(C#N)cnn2c(C)c1CCC(=O)NCC1CCCCCCC1. The van der Waals surface area contributed by atoms with Crippen molar-refractivity contribution in [2.75, 3.05) is 6.54 Å². The predicted molar refractivity (Wildman–Crippen MR) is 104 cm³/mol. The molecule has 0 radical (unpaired) electrons. The molecule has 0 spiro atoms. The minimum atomic E-state index is 0.106. The van der Waals surface area contributed by atoms with Crippen molar-refractivity contribution in [3.63, 3.8) is 0 Å². The van der Waals surface area contributed by atoms with Crippen molar-refractivity contribution in [3.8, 4) is 6.07 Å². The van der Waals surface area contributed by atoms with Crippen molar-refractivity contribution < 1.29 is 4.79 Å². The van der Waals surface area contributed by atoms with Crippen molar-refractivity contribution in [1.29, 1.82) is 5.26 Å². The Morgan fingerprint density at radius 2 is 1.96 bits per heavy atom. The number of aromatic nitrogens is 3. The molecule has 1 fully saturated rings. The van der Waals surface area contributed by atoms with Gasteiger partial charge < -0.3 is 5.32 Å². The molecule has 0 aromatic carbocycles. The molecular formula is C21H29N5O. The van der Waals surface area contributed by atoms with Crippen LogP contribution in [0.1, 0.15) is 73.9 Å². The van der Waals surface area contributed by atoms with Crippen LogP contribution in [0.4, 0.5) is 0 Å². The molecule has 0 saturated heterocycles. The van der Waals surface area contributed by atoms with Crippen LogP contribution in [0, 0.1) is 31.1 Å². The summed E-state index contributed by atoms with van der Waals surface area (Å²) in [7, 11) is 0. The fourth-order valence-electron chi connectivity index (χ4n) is 4.08. The summed E-state index contributed by atoms with van der Waals surface area (Å²) in [6.07, 6.45) is 11.7. The van der Waals surface area contributed by atoms with Crippen LogP contribution in [-0.4, -0.2) is 27.0 Å². The Labute approximate surface area is 161 Å². The van der Waals surface area contributed by atoms with Crippen LogP contribution in [0.3, 0.4) is 0 Å². The highest BCUT2D eigenvalue weighted by molar-refractivity contribution is 5.76. The Balaban J connectivity index is 1.57. The van der Waals surface area contributed by atoms with E-state index in [2.05, 4.69) is 21.5 Å². The maximum Gasteiger partial charge on any atom is 0.220 e. The monoisotopic (exact) mass is 367 g/mol. The largest absolute Gasteiger partial charge is 0.356 e. The van der Waals surface area contributed by atoms with Crippen LogP contribution >= 0.6 is 0 Å². The molecule has 6 heteroatoms. The molecule has 3 rings (SSSR count). The summed E-state index contributed by atoms with van der Waals surface area (Å²) in [5, 5.41) is 16.6. The van der Waals surface area contributed by atoms with Crippen molar-refractivity contribution >= 4 is 11.6 Å². The van der Waals surface area contributed by atoms with E-state index in [4.69, 9.17) is 5.26 Å². The molecule has 2 heterocycles. The summed E-state index contributed by atoms with van der Waals surface area (Å²) < 4.78 is 1.70. The third-order valence-corrected chi connectivity index (χ3v) is 5.74. The third-order valence-electron chi connectivity index (χ3n) is 5.74. The number of carbonyl (C=O) groups excluding carboxylic acids is 1. The highest BCUT2D eigenvalue weighted by Crippen LogP contribution is 2.22. The lowest BCUT2D eigenvalue weighted by molar-refractivity contribution is -0.121. The first-order chi connectivity index (χ1) is 13.1. The van der Waals surface area contributed by atoms with Gasteiger partial charge in [-0.05, 0) is 44.6 Å². The molecule has 1 amide bonds. The molecular weight excluding hydrogens is 338 g/mol. The van der Waals surface area contributed by atoms with Crippen LogP contribution < -0.4 is 5.32 Å². The van der Waals surface area contributed by atoms with Gasteiger partial charge in [-0.1, -0.05) is 32.1 Å². The van der Waals surface area contributed by atoms with Gasteiger partial charge in [-0.15, -0.1) is 0 Å². The first kappa shape index (κ1) is 19.3. The number of carbonyl (C=O) groups is 1. The maximum absolute atomic E-state index is 12.4. The summed E-state index contributed by atoms with van der Waals surface area (Å²) in [5.41, 5.74) is 3.92. The van der Waals surface area contributed by atoms with E-state index in [1.807, 2.05) is 13.8 Å². The van der Waals surface area contributed by atoms with Crippen LogP contribution in [0.2, 0.25) is 0 Å². The number of fused-ring (bicyclic) bond motifs is 1. The van der Waals surface area contributed by atoms with Gasteiger partial charge in [0, 0.05) is 24.4 Å². The smallest absolute Gasteiger partial charge is 0.220 e. The number of nitrogens with one attached hydrogen (secondary N) is 1. The molecule has 2 aromatic rings. The predicted octanol–water partition coefficient (Wildman–Crippen LogP) is 3.63. The highest BCUT2D eigenvalue weighted by Gasteiger charge is 2.16. The molecule has 144 valence electrons. The maximum atomic E-state index is 12.4. The lowest BCUT2D eigenvalue weighted by Gasteiger charge is -2.20. The fraction of sp³-hybridized carbons (Fsp3) is 0.619. The summed E-state index contributed by atoms with van der Waals surface area (Å²) in [6.45, 7) is 4.71. The number of rotatable bonds is 5. The summed E-state index contributed by atoms with van der Waals surface area (Å²) in [5.74, 6) is 0.735. The molecule has 27 heavy (non-hydrogen) atoms. The van der Waals surface area contributed by atoms with E-state index < -0.39 is 0 Å². The first-order valence-electron chi connectivity index (χ1n) is 10.1. The minimum absolute atomic E-state index is 0.106. The van der Waals surface area contributed by atoms with Crippen LogP contribution in [-0.2, 0) is 11.2 Å². The van der Waals surface area contributed by atoms with Gasteiger partial charge in [-0.25, -0.2) is 9.50 Å². The van der Waals surface area contributed by atoms with E-state index in [0.29, 0.717) is 30.0 Å². The number of nitrogens with zero attached hydrogens (tertiary/aromatic N) is 4. The lowest BCUT2D eigenvalue weighted by atomic mass is 9.91. The van der Waals surface area contributed by atoms with E-state index in [9.17, 15) is 4.79 Å². The van der Waals surface area contributed by atoms with Crippen molar-refractivity contribution in [2.45, 2.75) is 71.6 Å². The number of hydrogen-bond acceptors (Lipinski definition) is 4.